The van der Waals surface area contributed by atoms with E-state index in [0.29, 0.717) is 16.7 Å². The lowest BCUT2D eigenvalue weighted by molar-refractivity contribution is 0.0702. The van der Waals surface area contributed by atoms with Crippen LogP contribution in [0.25, 0.3) is 0 Å². The zero-order valence-corrected chi connectivity index (χ0v) is 9.53. The van der Waals surface area contributed by atoms with Crippen LogP contribution in [0.1, 0.15) is 21.5 Å². The summed E-state index contributed by atoms with van der Waals surface area (Å²) in [4.78, 5) is 12.1. The highest BCUT2D eigenvalue weighted by Gasteiger charge is 2.07. The standard InChI is InChI=1S/C9H13NO2S2/c1-6(4-10)13-5-7-2-3-8(14-7)9(11)12/h2-3,6H,4-5,10H2,1H3,(H,11,12). The first-order chi connectivity index (χ1) is 6.63. The van der Waals surface area contributed by atoms with Gasteiger partial charge < -0.3 is 10.8 Å². The molecular formula is C9H13NO2S2. The topological polar surface area (TPSA) is 63.3 Å². The maximum atomic E-state index is 10.6. The summed E-state index contributed by atoms with van der Waals surface area (Å²) in [5.74, 6) is -0.00540. The van der Waals surface area contributed by atoms with Crippen LogP contribution in [0.4, 0.5) is 0 Å². The number of hydrogen-bond acceptors (Lipinski definition) is 4. The molecule has 0 radical (unpaired) electrons. The zero-order chi connectivity index (χ0) is 10.6. The molecule has 0 spiro atoms. The quantitative estimate of drug-likeness (QED) is 0.814. The second kappa shape index (κ2) is 5.38. The van der Waals surface area contributed by atoms with Crippen molar-refractivity contribution in [2.24, 2.45) is 5.73 Å². The molecule has 1 unspecified atom stereocenters. The first-order valence-electron chi connectivity index (χ1n) is 4.27. The molecule has 0 bridgehead atoms. The molecule has 14 heavy (non-hydrogen) atoms. The number of thioether (sulfide) groups is 1. The van der Waals surface area contributed by atoms with Gasteiger partial charge in [-0.2, -0.15) is 11.8 Å². The predicted molar refractivity (Wildman–Crippen MR) is 61.1 cm³/mol. The Hall–Kier alpha value is -0.520. The van der Waals surface area contributed by atoms with E-state index in [1.54, 1.807) is 17.8 Å². The fourth-order valence-electron chi connectivity index (χ4n) is 0.863. The largest absolute Gasteiger partial charge is 0.477 e. The molecule has 1 rings (SSSR count). The van der Waals surface area contributed by atoms with Gasteiger partial charge in [-0.25, -0.2) is 4.79 Å². The second-order valence-electron chi connectivity index (χ2n) is 2.93. The molecule has 0 aliphatic carbocycles. The van der Waals surface area contributed by atoms with Crippen molar-refractivity contribution in [3.8, 4) is 0 Å². The minimum Gasteiger partial charge on any atom is -0.477 e. The van der Waals surface area contributed by atoms with Crippen molar-refractivity contribution in [1.82, 2.24) is 0 Å². The van der Waals surface area contributed by atoms with Gasteiger partial charge in [-0.3, -0.25) is 0 Å². The minimum atomic E-state index is -0.849. The lowest BCUT2D eigenvalue weighted by Gasteiger charge is -2.05. The van der Waals surface area contributed by atoms with Gasteiger partial charge in [-0.05, 0) is 12.1 Å². The number of carboxylic acids is 1. The summed E-state index contributed by atoms with van der Waals surface area (Å²) in [6.45, 7) is 2.72. The van der Waals surface area contributed by atoms with Crippen molar-refractivity contribution in [3.63, 3.8) is 0 Å². The molecule has 0 amide bonds. The molecule has 0 fully saturated rings. The van der Waals surface area contributed by atoms with Gasteiger partial charge >= 0.3 is 5.97 Å². The van der Waals surface area contributed by atoms with Crippen LogP contribution in [0.2, 0.25) is 0 Å². The molecule has 1 aromatic heterocycles. The Morgan fingerprint density at radius 1 is 1.71 bits per heavy atom. The molecule has 0 saturated heterocycles. The fraction of sp³-hybridized carbons (Fsp3) is 0.444. The second-order valence-corrected chi connectivity index (χ2v) is 5.52. The monoisotopic (exact) mass is 231 g/mol. The van der Waals surface area contributed by atoms with E-state index in [2.05, 4.69) is 6.92 Å². The zero-order valence-electron chi connectivity index (χ0n) is 7.90. The van der Waals surface area contributed by atoms with Gasteiger partial charge in [0.2, 0.25) is 0 Å². The van der Waals surface area contributed by atoms with Crippen molar-refractivity contribution < 1.29 is 9.90 Å². The van der Waals surface area contributed by atoms with Gasteiger partial charge in [0, 0.05) is 22.4 Å². The van der Waals surface area contributed by atoms with E-state index in [0.717, 1.165) is 10.6 Å². The number of nitrogens with two attached hydrogens (primary N) is 1. The minimum absolute atomic E-state index is 0.404. The summed E-state index contributed by atoms with van der Waals surface area (Å²) >= 11 is 3.08. The van der Waals surface area contributed by atoms with E-state index in [4.69, 9.17) is 10.8 Å². The van der Waals surface area contributed by atoms with Crippen molar-refractivity contribution in [2.75, 3.05) is 6.54 Å². The average Bonchev–Trinajstić information content (AvgIpc) is 2.62. The van der Waals surface area contributed by atoms with Crippen LogP contribution in [0.15, 0.2) is 12.1 Å². The molecule has 1 atom stereocenters. The molecule has 0 aliphatic rings. The third-order valence-electron chi connectivity index (χ3n) is 1.71. The Morgan fingerprint density at radius 2 is 2.43 bits per heavy atom. The summed E-state index contributed by atoms with van der Waals surface area (Å²) in [5, 5.41) is 9.13. The number of aromatic carboxylic acids is 1. The fourth-order valence-corrected chi connectivity index (χ4v) is 2.63. The van der Waals surface area contributed by atoms with Gasteiger partial charge in [-0.15, -0.1) is 11.3 Å². The van der Waals surface area contributed by atoms with Crippen LogP contribution in [-0.2, 0) is 5.75 Å². The normalized spacial score (nSPS) is 12.7. The molecule has 78 valence electrons. The van der Waals surface area contributed by atoms with Crippen molar-refractivity contribution in [1.29, 1.82) is 0 Å². The van der Waals surface area contributed by atoms with Crippen molar-refractivity contribution in [2.45, 2.75) is 17.9 Å². The summed E-state index contributed by atoms with van der Waals surface area (Å²) in [7, 11) is 0. The Balaban J connectivity index is 2.48. The number of rotatable bonds is 5. The smallest absolute Gasteiger partial charge is 0.345 e. The summed E-state index contributed by atoms with van der Waals surface area (Å²) in [6.07, 6.45) is 0. The third kappa shape index (κ3) is 3.32. The molecule has 5 heteroatoms. The van der Waals surface area contributed by atoms with E-state index < -0.39 is 5.97 Å². The van der Waals surface area contributed by atoms with Crippen LogP contribution in [0.5, 0.6) is 0 Å². The average molecular weight is 231 g/mol. The highest BCUT2D eigenvalue weighted by Crippen LogP contribution is 2.23. The van der Waals surface area contributed by atoms with E-state index in [1.165, 1.54) is 11.3 Å². The Labute approximate surface area is 91.3 Å². The van der Waals surface area contributed by atoms with Crippen LogP contribution in [0, 0.1) is 0 Å². The number of carboxylic acid groups (broad SMARTS) is 1. The molecular weight excluding hydrogens is 218 g/mol. The lowest BCUT2D eigenvalue weighted by atomic mass is 10.4. The molecule has 1 aromatic rings. The number of hydrogen-bond donors (Lipinski definition) is 2. The molecule has 1 heterocycles. The van der Waals surface area contributed by atoms with Gasteiger partial charge in [0.25, 0.3) is 0 Å². The predicted octanol–water partition coefficient (Wildman–Crippen LogP) is 2.03. The Bertz CT molecular complexity index is 312. The third-order valence-corrected chi connectivity index (χ3v) is 4.21. The molecule has 0 aromatic carbocycles. The summed E-state index contributed by atoms with van der Waals surface area (Å²) in [5.41, 5.74) is 5.48. The summed E-state index contributed by atoms with van der Waals surface area (Å²) in [6, 6.07) is 3.51. The highest BCUT2D eigenvalue weighted by molar-refractivity contribution is 7.99. The van der Waals surface area contributed by atoms with Crippen LogP contribution in [0.3, 0.4) is 0 Å². The van der Waals surface area contributed by atoms with Crippen molar-refractivity contribution in [3.05, 3.63) is 21.9 Å². The molecule has 0 saturated carbocycles. The van der Waals surface area contributed by atoms with Crippen LogP contribution >= 0.6 is 23.1 Å². The molecule has 0 aliphatic heterocycles. The van der Waals surface area contributed by atoms with Gasteiger partial charge in [0.05, 0.1) is 0 Å². The van der Waals surface area contributed by atoms with E-state index >= 15 is 0 Å². The van der Waals surface area contributed by atoms with Gasteiger partial charge in [0.15, 0.2) is 0 Å². The van der Waals surface area contributed by atoms with E-state index in [-0.39, 0.29) is 0 Å². The number of thiophene rings is 1. The van der Waals surface area contributed by atoms with Crippen LogP contribution in [-0.4, -0.2) is 22.9 Å². The van der Waals surface area contributed by atoms with Crippen LogP contribution < -0.4 is 5.73 Å². The Kier molecular flexibility index (Phi) is 4.44. The van der Waals surface area contributed by atoms with Crippen molar-refractivity contribution >= 4 is 29.1 Å². The van der Waals surface area contributed by atoms with E-state index in [1.807, 2.05) is 6.07 Å². The maximum absolute atomic E-state index is 10.6. The first-order valence-corrected chi connectivity index (χ1v) is 6.13. The number of carbonyl (C=O) groups is 1. The first kappa shape index (κ1) is 11.6. The molecule has 3 nitrogen and oxygen atoms in total. The maximum Gasteiger partial charge on any atom is 0.345 e. The SMILES string of the molecule is CC(CN)SCc1ccc(C(=O)O)s1. The molecule has 3 N–H and O–H groups in total. The highest BCUT2D eigenvalue weighted by atomic mass is 32.2. The van der Waals surface area contributed by atoms with Gasteiger partial charge in [-0.1, -0.05) is 6.92 Å². The Morgan fingerprint density at radius 3 is 2.93 bits per heavy atom. The van der Waals surface area contributed by atoms with E-state index in [9.17, 15) is 4.79 Å². The summed E-state index contributed by atoms with van der Waals surface area (Å²) < 4.78 is 0. The lowest BCUT2D eigenvalue weighted by Crippen LogP contribution is -2.12. The van der Waals surface area contributed by atoms with Gasteiger partial charge in [0.1, 0.15) is 4.88 Å².